The van der Waals surface area contributed by atoms with Crippen molar-refractivity contribution in [2.45, 2.75) is 64.2 Å². The molecule has 0 aromatic rings. The minimum Gasteiger partial charge on any atom is -0.415 e. The molecule has 0 aliphatic carbocycles. The fourth-order valence-corrected chi connectivity index (χ4v) is 2.58. The molecule has 0 bridgehead atoms. The molecule has 94 valence electrons. The molecule has 0 aromatic carbocycles. The molecule has 0 aromatic heterocycles. The number of rotatable bonds is 3. The molecule has 1 aliphatic rings. The highest BCUT2D eigenvalue weighted by Crippen LogP contribution is 2.36. The van der Waals surface area contributed by atoms with E-state index in [9.17, 15) is 4.79 Å². The first-order chi connectivity index (χ1) is 7.22. The summed E-state index contributed by atoms with van der Waals surface area (Å²) < 4.78 is 6.11. The van der Waals surface area contributed by atoms with Crippen LogP contribution in [0.25, 0.3) is 0 Å². The maximum Gasteiger partial charge on any atom is 0.220 e. The highest BCUT2D eigenvalue weighted by Gasteiger charge is 2.37. The Morgan fingerprint density at radius 3 is 2.56 bits per heavy atom. The molecule has 1 rings (SSSR count). The van der Waals surface area contributed by atoms with Crippen molar-refractivity contribution >= 4 is 14.2 Å². The van der Waals surface area contributed by atoms with Crippen LogP contribution in [0.2, 0.25) is 18.1 Å². The normalized spacial score (nSPS) is 23.1. The largest absolute Gasteiger partial charge is 0.415 e. The van der Waals surface area contributed by atoms with Crippen LogP contribution < -0.4 is 5.32 Å². The van der Waals surface area contributed by atoms with E-state index in [1.807, 2.05) is 0 Å². The lowest BCUT2D eigenvalue weighted by Gasteiger charge is -2.37. The Labute approximate surface area is 100 Å². The van der Waals surface area contributed by atoms with Crippen molar-refractivity contribution in [3.8, 4) is 0 Å². The third-order valence-corrected chi connectivity index (χ3v) is 8.27. The third kappa shape index (κ3) is 3.59. The second kappa shape index (κ2) is 4.88. The zero-order valence-corrected chi connectivity index (χ0v) is 12.2. The summed E-state index contributed by atoms with van der Waals surface area (Å²) in [6, 6.07) is 0.232. The first kappa shape index (κ1) is 13.7. The Kier molecular flexibility index (Phi) is 4.18. The number of nitrogens with one attached hydrogen (secondary N) is 1. The summed E-state index contributed by atoms with van der Waals surface area (Å²) in [5.74, 6) is 0.176. The van der Waals surface area contributed by atoms with Gasteiger partial charge < -0.3 is 9.74 Å². The standard InChI is InChI=1S/C12H25NO2Si/c1-12(2,3)16(4,5)15-9-10-7-6-8-11(14)13-10/h10H,6-9H2,1-5H3,(H,13,14)/t10-/m0/s1. The Morgan fingerprint density at radius 2 is 2.06 bits per heavy atom. The van der Waals surface area contributed by atoms with Crippen LogP contribution in [-0.2, 0) is 9.22 Å². The summed E-state index contributed by atoms with van der Waals surface area (Å²) >= 11 is 0. The molecule has 0 spiro atoms. The van der Waals surface area contributed by atoms with Crippen LogP contribution in [0.1, 0.15) is 40.0 Å². The molecule has 0 unspecified atom stereocenters. The second-order valence-corrected chi connectivity index (χ2v) is 11.0. The van der Waals surface area contributed by atoms with E-state index in [1.165, 1.54) is 0 Å². The lowest BCUT2D eigenvalue weighted by atomic mass is 10.1. The molecule has 1 atom stereocenters. The van der Waals surface area contributed by atoms with Crippen molar-refractivity contribution in [2.75, 3.05) is 6.61 Å². The summed E-state index contributed by atoms with van der Waals surface area (Å²) in [6.07, 6.45) is 2.73. The van der Waals surface area contributed by atoms with Gasteiger partial charge in [-0.15, -0.1) is 0 Å². The molecule has 4 heteroatoms. The van der Waals surface area contributed by atoms with Crippen LogP contribution in [0.5, 0.6) is 0 Å². The summed E-state index contributed by atoms with van der Waals surface area (Å²) in [4.78, 5) is 11.2. The Hall–Kier alpha value is -0.353. The predicted octanol–water partition coefficient (Wildman–Crippen LogP) is 2.68. The van der Waals surface area contributed by atoms with E-state index in [-0.39, 0.29) is 17.0 Å². The van der Waals surface area contributed by atoms with Crippen molar-refractivity contribution in [3.05, 3.63) is 0 Å². The van der Waals surface area contributed by atoms with E-state index in [0.29, 0.717) is 13.0 Å². The number of hydrogen-bond acceptors (Lipinski definition) is 2. The van der Waals surface area contributed by atoms with Gasteiger partial charge in [-0.2, -0.15) is 0 Å². The predicted molar refractivity (Wildman–Crippen MR) is 68.9 cm³/mol. The Balaban J connectivity index is 2.42. The van der Waals surface area contributed by atoms with Gasteiger partial charge in [-0.3, -0.25) is 4.79 Å². The smallest absolute Gasteiger partial charge is 0.220 e. The maximum atomic E-state index is 11.2. The van der Waals surface area contributed by atoms with Gasteiger partial charge in [0, 0.05) is 6.42 Å². The minimum absolute atomic E-state index is 0.176. The van der Waals surface area contributed by atoms with Crippen LogP contribution in [0.4, 0.5) is 0 Å². The van der Waals surface area contributed by atoms with Gasteiger partial charge >= 0.3 is 0 Å². The second-order valence-electron chi connectivity index (χ2n) is 6.23. The van der Waals surface area contributed by atoms with E-state index in [2.05, 4.69) is 39.2 Å². The van der Waals surface area contributed by atoms with E-state index >= 15 is 0 Å². The summed E-state index contributed by atoms with van der Waals surface area (Å²) in [5, 5.41) is 3.24. The quantitative estimate of drug-likeness (QED) is 0.774. The number of piperidine rings is 1. The topological polar surface area (TPSA) is 38.3 Å². The lowest BCUT2D eigenvalue weighted by molar-refractivity contribution is -0.123. The van der Waals surface area contributed by atoms with Gasteiger partial charge in [0.2, 0.25) is 5.91 Å². The van der Waals surface area contributed by atoms with Gasteiger partial charge in [0.1, 0.15) is 0 Å². The van der Waals surface area contributed by atoms with E-state index in [4.69, 9.17) is 4.43 Å². The Bertz CT molecular complexity index is 258. The van der Waals surface area contributed by atoms with E-state index in [1.54, 1.807) is 0 Å². The van der Waals surface area contributed by atoms with Gasteiger partial charge in [-0.05, 0) is 31.0 Å². The van der Waals surface area contributed by atoms with Gasteiger partial charge in [-0.25, -0.2) is 0 Å². The number of carbonyl (C=O) groups is 1. The van der Waals surface area contributed by atoms with Crippen molar-refractivity contribution < 1.29 is 9.22 Å². The number of carbonyl (C=O) groups excluding carboxylic acids is 1. The van der Waals surface area contributed by atoms with Crippen molar-refractivity contribution in [1.82, 2.24) is 5.32 Å². The summed E-state index contributed by atoms with van der Waals surface area (Å²) in [7, 11) is -1.66. The summed E-state index contributed by atoms with van der Waals surface area (Å²) in [5.41, 5.74) is 0. The molecule has 1 saturated heterocycles. The van der Waals surface area contributed by atoms with Crippen molar-refractivity contribution in [3.63, 3.8) is 0 Å². The first-order valence-electron chi connectivity index (χ1n) is 6.16. The van der Waals surface area contributed by atoms with Gasteiger partial charge in [0.15, 0.2) is 8.32 Å². The molecular weight excluding hydrogens is 218 g/mol. The zero-order chi connectivity index (χ0) is 12.4. The van der Waals surface area contributed by atoms with Crippen LogP contribution in [0, 0.1) is 0 Å². The fourth-order valence-electron chi connectivity index (χ4n) is 1.53. The summed E-state index contributed by atoms with van der Waals surface area (Å²) in [6.45, 7) is 11.9. The highest BCUT2D eigenvalue weighted by atomic mass is 28.4. The number of hydrogen-bond donors (Lipinski definition) is 1. The molecule has 1 amide bonds. The molecule has 1 N–H and O–H groups in total. The molecule has 3 nitrogen and oxygen atoms in total. The van der Waals surface area contributed by atoms with E-state index < -0.39 is 8.32 Å². The minimum atomic E-state index is -1.66. The monoisotopic (exact) mass is 243 g/mol. The van der Waals surface area contributed by atoms with Gasteiger partial charge in [0.05, 0.1) is 12.6 Å². The Morgan fingerprint density at radius 1 is 1.44 bits per heavy atom. The molecular formula is C12H25NO2Si. The molecule has 0 radical (unpaired) electrons. The zero-order valence-electron chi connectivity index (χ0n) is 11.2. The van der Waals surface area contributed by atoms with Crippen LogP contribution >= 0.6 is 0 Å². The van der Waals surface area contributed by atoms with E-state index in [0.717, 1.165) is 12.8 Å². The molecule has 1 fully saturated rings. The van der Waals surface area contributed by atoms with Crippen LogP contribution in [0.3, 0.4) is 0 Å². The fraction of sp³-hybridized carbons (Fsp3) is 0.917. The molecule has 0 saturated carbocycles. The van der Waals surface area contributed by atoms with Crippen LogP contribution in [0.15, 0.2) is 0 Å². The van der Waals surface area contributed by atoms with Crippen LogP contribution in [-0.4, -0.2) is 26.9 Å². The first-order valence-corrected chi connectivity index (χ1v) is 9.06. The number of amides is 1. The van der Waals surface area contributed by atoms with Crippen molar-refractivity contribution in [1.29, 1.82) is 0 Å². The molecule has 1 aliphatic heterocycles. The molecule has 16 heavy (non-hydrogen) atoms. The van der Waals surface area contributed by atoms with Gasteiger partial charge in [0.25, 0.3) is 0 Å². The third-order valence-electron chi connectivity index (χ3n) is 3.77. The molecule has 1 heterocycles. The maximum absolute atomic E-state index is 11.2. The average Bonchev–Trinajstić information content (AvgIpc) is 2.13. The average molecular weight is 243 g/mol. The van der Waals surface area contributed by atoms with Crippen molar-refractivity contribution in [2.24, 2.45) is 0 Å². The SMILES string of the molecule is CC(C)(C)[Si](C)(C)OC[C@@H]1CCCC(=O)N1. The van der Waals surface area contributed by atoms with Gasteiger partial charge in [-0.1, -0.05) is 20.8 Å². The highest BCUT2D eigenvalue weighted by molar-refractivity contribution is 6.74. The lowest BCUT2D eigenvalue weighted by Crippen LogP contribution is -2.47.